The van der Waals surface area contributed by atoms with E-state index in [2.05, 4.69) is 83.4 Å². The fourth-order valence-electron chi connectivity index (χ4n) is 7.47. The summed E-state index contributed by atoms with van der Waals surface area (Å²) in [5.41, 5.74) is 9.14. The zero-order valence-corrected chi connectivity index (χ0v) is 44.7. The quantitative estimate of drug-likeness (QED) is 0.0330. The van der Waals surface area contributed by atoms with E-state index in [1.165, 1.54) is 18.0 Å². The number of anilines is 2. The number of nitrogens with zero attached hydrogens (tertiary/aromatic N) is 7. The lowest BCUT2D eigenvalue weighted by Gasteiger charge is -2.34. The van der Waals surface area contributed by atoms with Gasteiger partial charge in [0.2, 0.25) is 26.8 Å². The molecule has 0 atom stereocenters. The molecule has 0 aliphatic carbocycles. The van der Waals surface area contributed by atoms with E-state index in [-0.39, 0.29) is 22.6 Å². The van der Waals surface area contributed by atoms with Crippen LogP contribution in [0, 0.1) is 11.8 Å². The number of carbonyl (C=O) groups is 1. The van der Waals surface area contributed by atoms with Crippen LogP contribution < -0.4 is 21.9 Å². The van der Waals surface area contributed by atoms with Crippen LogP contribution in [0.25, 0.3) is 10.9 Å². The summed E-state index contributed by atoms with van der Waals surface area (Å²) in [6.07, 6.45) is 8.98. The number of nitrogen functional groups attached to an aromatic ring is 1. The molecule has 0 spiro atoms. The smallest absolute Gasteiger partial charge is 0.264 e. The molecular weight excluding hydrogens is 989 g/mol. The Labute approximate surface area is 441 Å². The van der Waals surface area contributed by atoms with Crippen LogP contribution in [0.5, 0.6) is 0 Å². The van der Waals surface area contributed by atoms with Crippen molar-refractivity contribution in [3.8, 4) is 11.8 Å². The van der Waals surface area contributed by atoms with Gasteiger partial charge in [-0.15, -0.1) is 0 Å². The lowest BCUT2D eigenvalue weighted by atomic mass is 10.1. The number of hydrogen-bond acceptors (Lipinski definition) is 20. The summed E-state index contributed by atoms with van der Waals surface area (Å²) in [7, 11) is -3.45. The second kappa shape index (κ2) is 35.9. The molecule has 0 saturated carbocycles. The predicted octanol–water partition coefficient (Wildman–Crippen LogP) is 2.42. The predicted molar refractivity (Wildman–Crippen MR) is 284 cm³/mol. The average molecular weight is 1070 g/mol. The van der Waals surface area contributed by atoms with Crippen LogP contribution >= 0.6 is 0 Å². The Morgan fingerprint density at radius 2 is 1.20 bits per heavy atom. The Morgan fingerprint density at radius 1 is 0.680 bits per heavy atom. The number of ether oxygens (including phenoxy) is 8. The molecule has 75 heavy (non-hydrogen) atoms. The topological polar surface area (TPSA) is 255 Å². The molecule has 5 rings (SSSR count). The number of amides is 1. The molecule has 22 nitrogen and oxygen atoms in total. The summed E-state index contributed by atoms with van der Waals surface area (Å²) in [5, 5.41) is 6.30. The summed E-state index contributed by atoms with van der Waals surface area (Å²) in [4.78, 5) is 46.6. The van der Waals surface area contributed by atoms with E-state index in [1.807, 2.05) is 6.07 Å². The third-order valence-corrected chi connectivity index (χ3v) is 12.4. The number of carbonyl (C=O) groups excluding carboxylic acids is 1. The molecule has 4 heterocycles. The minimum atomic E-state index is -3.45. The van der Waals surface area contributed by atoms with Gasteiger partial charge in [0.05, 0.1) is 123 Å². The van der Waals surface area contributed by atoms with E-state index >= 15 is 0 Å². The summed E-state index contributed by atoms with van der Waals surface area (Å²) in [6.45, 7) is 17.2. The van der Waals surface area contributed by atoms with Crippen LogP contribution in [0.3, 0.4) is 0 Å². The summed E-state index contributed by atoms with van der Waals surface area (Å²) >= 11 is 0. The lowest BCUT2D eigenvalue weighted by Crippen LogP contribution is -2.46. The van der Waals surface area contributed by atoms with Crippen LogP contribution in [-0.4, -0.2) is 206 Å². The van der Waals surface area contributed by atoms with E-state index in [1.54, 1.807) is 10.8 Å². The molecule has 414 valence electrons. The first-order chi connectivity index (χ1) is 36.6. The fraction of sp³-hybridized carbons (Fsp3) is 0.615. The van der Waals surface area contributed by atoms with Gasteiger partial charge in [-0.3, -0.25) is 19.4 Å². The Balaban J connectivity index is 0.726. The van der Waals surface area contributed by atoms with Gasteiger partial charge in [0, 0.05) is 90.0 Å². The van der Waals surface area contributed by atoms with Gasteiger partial charge in [-0.1, -0.05) is 49.5 Å². The standard InChI is InChI=1S/C52H78N10O12S/c1-3-4-15-55-49-48-46(58-51(53)59-49)14-17-62(50(48)64)42-44-12-10-43(11-13-44)41-61-20-18-60(19-21-61)22-24-68-26-28-70-30-32-72-34-36-74-38-37-73-35-33-71-31-29-69-27-25-67-23-16-54-47(63)9-7-5-6-8-45-39-56-52(57-40-45)75(2,65)66/h10-14,17,39-40H,3-5,7,9,15-16,18-38,41-42H2,1-2H3,(H,54,63)(H3,53,55,58,59). The number of unbranched alkanes of at least 4 members (excludes halogenated alkanes) is 2. The largest absolute Gasteiger partial charge is 0.378 e. The van der Waals surface area contributed by atoms with Crippen molar-refractivity contribution >= 4 is 38.4 Å². The van der Waals surface area contributed by atoms with Crippen molar-refractivity contribution in [3.63, 3.8) is 0 Å². The number of nitrogens with one attached hydrogen (secondary N) is 2. The first-order valence-electron chi connectivity index (χ1n) is 25.9. The number of fused-ring (bicyclic) bond motifs is 1. The number of pyridine rings is 1. The maximum atomic E-state index is 13.5. The maximum absolute atomic E-state index is 13.5. The molecule has 1 aliphatic rings. The second-order valence-corrected chi connectivity index (χ2v) is 19.5. The highest BCUT2D eigenvalue weighted by atomic mass is 32.2. The highest BCUT2D eigenvalue weighted by Gasteiger charge is 2.18. The summed E-state index contributed by atoms with van der Waals surface area (Å²) in [6, 6.07) is 10.3. The van der Waals surface area contributed by atoms with Crippen LogP contribution in [-0.2, 0) is 65.6 Å². The van der Waals surface area contributed by atoms with Crippen molar-refractivity contribution in [3.05, 3.63) is 76.0 Å². The minimum Gasteiger partial charge on any atom is -0.378 e. The molecule has 1 amide bonds. The molecular formula is C52H78N10O12S. The van der Waals surface area contributed by atoms with Crippen molar-refractivity contribution in [2.24, 2.45) is 0 Å². The molecule has 0 radical (unpaired) electrons. The van der Waals surface area contributed by atoms with E-state index < -0.39 is 9.84 Å². The minimum absolute atomic E-state index is 0.0786. The zero-order valence-electron chi connectivity index (χ0n) is 43.8. The molecule has 0 bridgehead atoms. The highest BCUT2D eigenvalue weighted by molar-refractivity contribution is 7.90. The van der Waals surface area contributed by atoms with E-state index in [0.717, 1.165) is 63.9 Å². The molecule has 3 aromatic heterocycles. The number of sulfone groups is 1. The van der Waals surface area contributed by atoms with E-state index in [4.69, 9.17) is 43.6 Å². The number of benzene rings is 1. The lowest BCUT2D eigenvalue weighted by molar-refractivity contribution is -0.121. The maximum Gasteiger partial charge on any atom is 0.264 e. The first kappa shape index (κ1) is 60.6. The number of aromatic nitrogens is 5. The SMILES string of the molecule is CCCCNc1nc(N)nc2ccn(Cc3ccc(CN4CCN(CCOCCOCCOCCOCCOCCOCCOCCOCCNC(=O)CCCC#Cc5cnc(S(C)(=O)=O)nc5)CC4)cc3)c(=O)c12. The van der Waals surface area contributed by atoms with Gasteiger partial charge in [-0.05, 0) is 30.0 Å². The molecule has 1 aliphatic heterocycles. The van der Waals surface area contributed by atoms with Crippen LogP contribution in [0.15, 0.2) is 58.9 Å². The molecule has 0 unspecified atom stereocenters. The fourth-order valence-corrected chi connectivity index (χ4v) is 7.96. The van der Waals surface area contributed by atoms with Crippen LogP contribution in [0.1, 0.15) is 55.7 Å². The van der Waals surface area contributed by atoms with Crippen molar-refractivity contribution < 1.29 is 51.1 Å². The molecule has 1 saturated heterocycles. The highest BCUT2D eigenvalue weighted by Crippen LogP contribution is 2.19. The first-order valence-corrected chi connectivity index (χ1v) is 27.8. The Hall–Kier alpha value is -5.23. The number of hydrogen-bond donors (Lipinski definition) is 3. The Kier molecular flexibility index (Phi) is 29.0. The van der Waals surface area contributed by atoms with Gasteiger partial charge in [-0.2, -0.15) is 4.98 Å². The van der Waals surface area contributed by atoms with Gasteiger partial charge in [0.25, 0.3) is 5.56 Å². The van der Waals surface area contributed by atoms with Gasteiger partial charge in [0.15, 0.2) is 0 Å². The van der Waals surface area contributed by atoms with Crippen molar-refractivity contribution in [2.75, 3.05) is 169 Å². The van der Waals surface area contributed by atoms with E-state index in [0.29, 0.717) is 167 Å². The molecule has 1 fully saturated rings. The number of nitrogens with two attached hydrogens (primary N) is 1. The normalized spacial score (nSPS) is 13.3. The van der Waals surface area contributed by atoms with Crippen LogP contribution in [0.4, 0.5) is 11.8 Å². The van der Waals surface area contributed by atoms with Gasteiger partial charge < -0.3 is 58.8 Å². The van der Waals surface area contributed by atoms with Gasteiger partial charge >= 0.3 is 0 Å². The molecule has 4 N–H and O–H groups in total. The van der Waals surface area contributed by atoms with Crippen molar-refractivity contribution in [1.82, 2.24) is 39.6 Å². The van der Waals surface area contributed by atoms with Crippen LogP contribution in [0.2, 0.25) is 0 Å². The zero-order chi connectivity index (χ0) is 53.2. The summed E-state index contributed by atoms with van der Waals surface area (Å²) < 4.78 is 69.2. The Bertz CT molecular complexity index is 2470. The third kappa shape index (κ3) is 25.0. The monoisotopic (exact) mass is 1070 g/mol. The van der Waals surface area contributed by atoms with E-state index in [9.17, 15) is 18.0 Å². The molecule has 23 heteroatoms. The van der Waals surface area contributed by atoms with Gasteiger partial charge in [-0.25, -0.2) is 23.4 Å². The average Bonchev–Trinajstić information content (AvgIpc) is 3.40. The molecule has 1 aromatic carbocycles. The molecule has 4 aromatic rings. The second-order valence-electron chi connectivity index (χ2n) is 17.6. The third-order valence-electron chi connectivity index (χ3n) is 11.5. The number of piperazine rings is 1. The Morgan fingerprint density at radius 3 is 1.75 bits per heavy atom. The van der Waals surface area contributed by atoms with Crippen molar-refractivity contribution in [2.45, 2.75) is 57.3 Å². The van der Waals surface area contributed by atoms with Crippen molar-refractivity contribution in [1.29, 1.82) is 0 Å². The number of rotatable bonds is 39. The van der Waals surface area contributed by atoms with Gasteiger partial charge in [0.1, 0.15) is 11.2 Å². The summed E-state index contributed by atoms with van der Waals surface area (Å²) in [5.74, 6) is 6.35.